The van der Waals surface area contributed by atoms with Crippen LogP contribution >= 0.6 is 22.9 Å². The molecule has 1 heterocycles. The number of halogens is 1. The first kappa shape index (κ1) is 21.6. The molecule has 2 atom stereocenters. The first-order valence-electron chi connectivity index (χ1n) is 9.73. The van der Waals surface area contributed by atoms with E-state index in [9.17, 15) is 9.59 Å². The van der Waals surface area contributed by atoms with Gasteiger partial charge in [0.1, 0.15) is 4.88 Å². The van der Waals surface area contributed by atoms with E-state index in [1.807, 2.05) is 0 Å². The highest BCUT2D eigenvalue weighted by Crippen LogP contribution is 2.38. The fraction of sp³-hybridized carbons (Fsp3) is 0.476. The molecule has 0 radical (unpaired) electrons. The quantitative estimate of drug-likeness (QED) is 0.577. The van der Waals surface area contributed by atoms with Crippen LogP contribution in [0.1, 0.15) is 55.4 Å². The molecular formula is C21H27ClN4O2S. The summed E-state index contributed by atoms with van der Waals surface area (Å²) in [7, 11) is 0. The lowest BCUT2D eigenvalue weighted by atomic mass is 9.70. The highest BCUT2D eigenvalue weighted by molar-refractivity contribution is 7.17. The van der Waals surface area contributed by atoms with Crippen molar-refractivity contribution in [1.82, 2.24) is 10.3 Å². The van der Waals surface area contributed by atoms with Crippen molar-refractivity contribution < 1.29 is 9.59 Å². The van der Waals surface area contributed by atoms with Gasteiger partial charge in [-0.05, 0) is 61.8 Å². The Morgan fingerprint density at radius 2 is 1.86 bits per heavy atom. The summed E-state index contributed by atoms with van der Waals surface area (Å²) in [6.45, 7) is 8.52. The van der Waals surface area contributed by atoms with Gasteiger partial charge in [-0.25, -0.2) is 9.78 Å². The largest absolute Gasteiger partial charge is 0.349 e. The molecule has 0 aliphatic heterocycles. The number of hydrogen-bond donors (Lipinski definition) is 3. The Morgan fingerprint density at radius 3 is 2.52 bits per heavy atom. The minimum absolute atomic E-state index is 0.124. The Balaban J connectivity index is 1.61. The average molecular weight is 435 g/mol. The summed E-state index contributed by atoms with van der Waals surface area (Å²) in [6.07, 6.45) is 3.13. The van der Waals surface area contributed by atoms with Gasteiger partial charge in [-0.2, -0.15) is 0 Å². The zero-order valence-corrected chi connectivity index (χ0v) is 18.7. The summed E-state index contributed by atoms with van der Waals surface area (Å²) in [5.74, 6) is 0.460. The number of urea groups is 1. The van der Waals surface area contributed by atoms with Gasteiger partial charge in [-0.3, -0.25) is 10.1 Å². The molecule has 2 unspecified atom stereocenters. The zero-order chi connectivity index (χ0) is 21.2. The Hall–Kier alpha value is -2.12. The Bertz CT molecular complexity index is 895. The first-order valence-corrected chi connectivity index (χ1v) is 10.9. The van der Waals surface area contributed by atoms with Crippen LogP contribution in [0.25, 0.3) is 0 Å². The summed E-state index contributed by atoms with van der Waals surface area (Å²) in [5, 5.41) is 9.55. The van der Waals surface area contributed by atoms with Crippen molar-refractivity contribution in [2.24, 2.45) is 11.3 Å². The number of nitrogens with zero attached hydrogens (tertiary/aromatic N) is 1. The fourth-order valence-corrected chi connectivity index (χ4v) is 5.15. The van der Waals surface area contributed by atoms with Gasteiger partial charge in [-0.1, -0.05) is 43.7 Å². The number of aromatic nitrogens is 1. The van der Waals surface area contributed by atoms with E-state index in [1.165, 1.54) is 17.8 Å². The molecule has 3 N–H and O–H groups in total. The molecule has 3 amide bonds. The third-order valence-corrected chi connectivity index (χ3v) is 6.37. The molecule has 6 nitrogen and oxygen atoms in total. The lowest BCUT2D eigenvalue weighted by molar-refractivity contribution is 0.0877. The van der Waals surface area contributed by atoms with E-state index in [0.29, 0.717) is 32.3 Å². The van der Waals surface area contributed by atoms with Crippen LogP contribution in [0.3, 0.4) is 0 Å². The maximum Gasteiger partial charge on any atom is 0.325 e. The van der Waals surface area contributed by atoms with Gasteiger partial charge in [0.15, 0.2) is 5.13 Å². The van der Waals surface area contributed by atoms with Crippen molar-refractivity contribution in [3.8, 4) is 0 Å². The van der Waals surface area contributed by atoms with Crippen LogP contribution in [0.5, 0.6) is 0 Å². The lowest BCUT2D eigenvalue weighted by Crippen LogP contribution is -2.42. The molecule has 1 aliphatic carbocycles. The average Bonchev–Trinajstić information content (AvgIpc) is 2.95. The van der Waals surface area contributed by atoms with Gasteiger partial charge < -0.3 is 10.6 Å². The molecule has 3 rings (SSSR count). The number of rotatable bonds is 4. The summed E-state index contributed by atoms with van der Waals surface area (Å²) < 4.78 is 0. The molecular weight excluding hydrogens is 408 g/mol. The lowest BCUT2D eigenvalue weighted by Gasteiger charge is -2.39. The van der Waals surface area contributed by atoms with Crippen molar-refractivity contribution >= 4 is 45.7 Å². The predicted molar refractivity (Wildman–Crippen MR) is 119 cm³/mol. The van der Waals surface area contributed by atoms with Crippen LogP contribution in [-0.4, -0.2) is 23.0 Å². The number of hydrogen-bond acceptors (Lipinski definition) is 4. The van der Waals surface area contributed by atoms with E-state index in [4.69, 9.17) is 11.6 Å². The molecule has 29 heavy (non-hydrogen) atoms. The topological polar surface area (TPSA) is 83.1 Å². The van der Waals surface area contributed by atoms with Crippen LogP contribution in [0, 0.1) is 18.3 Å². The molecule has 156 valence electrons. The molecule has 0 spiro atoms. The maximum atomic E-state index is 12.8. The Kier molecular flexibility index (Phi) is 6.49. The number of carbonyl (C=O) groups is 2. The summed E-state index contributed by atoms with van der Waals surface area (Å²) in [6, 6.07) is 6.55. The fourth-order valence-electron chi connectivity index (χ4n) is 4.16. The van der Waals surface area contributed by atoms with Crippen LogP contribution in [-0.2, 0) is 0 Å². The summed E-state index contributed by atoms with van der Waals surface area (Å²) >= 11 is 7.03. The Morgan fingerprint density at radius 1 is 1.17 bits per heavy atom. The van der Waals surface area contributed by atoms with Crippen LogP contribution < -0.4 is 16.0 Å². The van der Waals surface area contributed by atoms with E-state index >= 15 is 0 Å². The van der Waals surface area contributed by atoms with Crippen molar-refractivity contribution in [2.45, 2.75) is 53.0 Å². The molecule has 8 heteroatoms. The van der Waals surface area contributed by atoms with Gasteiger partial charge in [-0.15, -0.1) is 0 Å². The standard InChI is InChI=1S/C21H27ClN4O2S/c1-12-9-16(11-21(3,4)10-12)24-18(27)17-13(2)23-20(29-17)26-19(28)25-15-7-5-14(22)6-8-15/h5-8,12,16H,9-11H2,1-4H3,(H,24,27)(H2,23,25,26,28). The predicted octanol–water partition coefficient (Wildman–Crippen LogP) is 5.69. The SMILES string of the molecule is Cc1nc(NC(=O)Nc2ccc(Cl)cc2)sc1C(=O)NC1CC(C)CC(C)(C)C1. The molecule has 0 bridgehead atoms. The number of amides is 3. The molecule has 2 aromatic rings. The zero-order valence-electron chi connectivity index (χ0n) is 17.1. The molecule has 1 aromatic heterocycles. The molecule has 1 saturated carbocycles. The number of thiazole rings is 1. The smallest absolute Gasteiger partial charge is 0.325 e. The summed E-state index contributed by atoms with van der Waals surface area (Å²) in [4.78, 5) is 29.8. The molecule has 1 fully saturated rings. The van der Waals surface area contributed by atoms with Gasteiger partial charge in [0.2, 0.25) is 0 Å². The van der Waals surface area contributed by atoms with Gasteiger partial charge in [0.05, 0.1) is 5.69 Å². The van der Waals surface area contributed by atoms with Crippen LogP contribution in [0.15, 0.2) is 24.3 Å². The molecule has 1 aliphatic rings. The van der Waals surface area contributed by atoms with Gasteiger partial charge >= 0.3 is 6.03 Å². The second-order valence-corrected chi connectivity index (χ2v) is 10.0. The second kappa shape index (κ2) is 8.71. The highest BCUT2D eigenvalue weighted by Gasteiger charge is 2.33. The van der Waals surface area contributed by atoms with E-state index in [1.54, 1.807) is 31.2 Å². The monoisotopic (exact) mass is 434 g/mol. The number of nitrogens with one attached hydrogen (secondary N) is 3. The van der Waals surface area contributed by atoms with Crippen molar-refractivity contribution in [2.75, 3.05) is 10.6 Å². The third kappa shape index (κ3) is 5.93. The third-order valence-electron chi connectivity index (χ3n) is 5.05. The number of carbonyl (C=O) groups excluding carboxylic acids is 2. The van der Waals surface area contributed by atoms with Gasteiger partial charge in [0.25, 0.3) is 5.91 Å². The minimum Gasteiger partial charge on any atom is -0.349 e. The molecule has 0 saturated heterocycles. The normalized spacial score (nSPS) is 20.7. The number of anilines is 2. The van der Waals surface area contributed by atoms with E-state index < -0.39 is 6.03 Å². The summed E-state index contributed by atoms with van der Waals surface area (Å²) in [5.41, 5.74) is 1.45. The van der Waals surface area contributed by atoms with E-state index in [0.717, 1.165) is 12.8 Å². The van der Waals surface area contributed by atoms with Crippen LogP contribution in [0.2, 0.25) is 5.02 Å². The second-order valence-electron chi connectivity index (χ2n) is 8.60. The number of benzene rings is 1. The molecule has 1 aromatic carbocycles. The number of aryl methyl sites for hydroxylation is 1. The van der Waals surface area contributed by atoms with E-state index in [-0.39, 0.29) is 17.4 Å². The van der Waals surface area contributed by atoms with Crippen molar-refractivity contribution in [1.29, 1.82) is 0 Å². The Labute approximate surface area is 180 Å². The van der Waals surface area contributed by atoms with Crippen molar-refractivity contribution in [3.63, 3.8) is 0 Å². The van der Waals surface area contributed by atoms with Crippen LogP contribution in [0.4, 0.5) is 15.6 Å². The highest BCUT2D eigenvalue weighted by atomic mass is 35.5. The van der Waals surface area contributed by atoms with Crippen molar-refractivity contribution in [3.05, 3.63) is 39.9 Å². The minimum atomic E-state index is -0.420. The van der Waals surface area contributed by atoms with Gasteiger partial charge in [0, 0.05) is 16.8 Å². The van der Waals surface area contributed by atoms with E-state index in [2.05, 4.69) is 41.7 Å². The maximum absolute atomic E-state index is 12.8. The first-order chi connectivity index (χ1) is 13.6.